The molecule has 5 bridgehead atoms. The van der Waals surface area contributed by atoms with Gasteiger partial charge in [0.2, 0.25) is 11.8 Å². The van der Waals surface area contributed by atoms with E-state index in [1.807, 2.05) is 70.2 Å². The summed E-state index contributed by atoms with van der Waals surface area (Å²) in [6.45, 7) is 11.4. The quantitative estimate of drug-likeness (QED) is 0.511. The van der Waals surface area contributed by atoms with E-state index in [-0.39, 0.29) is 29.9 Å². The van der Waals surface area contributed by atoms with Crippen LogP contribution in [0.4, 0.5) is 0 Å². The van der Waals surface area contributed by atoms with E-state index < -0.39 is 35.5 Å². The number of likely N-dealkylation sites (N-methyl/N-ethyl adjacent to an activating group) is 1. The number of pyridine rings is 1. The second-order valence-corrected chi connectivity index (χ2v) is 12.3. The van der Waals surface area contributed by atoms with Crippen LogP contribution in [0.25, 0.3) is 17.0 Å². The number of amides is 2. The maximum Gasteiger partial charge on any atom is 0.325 e. The fourth-order valence-electron chi connectivity index (χ4n) is 5.68. The van der Waals surface area contributed by atoms with Crippen molar-refractivity contribution in [3.8, 4) is 0 Å². The Morgan fingerprint density at radius 3 is 2.49 bits per heavy atom. The van der Waals surface area contributed by atoms with Crippen LogP contribution in [0.5, 0.6) is 0 Å². The van der Waals surface area contributed by atoms with Crippen LogP contribution in [-0.4, -0.2) is 64.1 Å². The van der Waals surface area contributed by atoms with Crippen molar-refractivity contribution < 1.29 is 23.9 Å². The SMILES string of the molecule is CC(C)[C@H]1C(=O)C[C@@H](C)C(=O)N2CCC[C@H](N2)C(=O)O[C@H](C)c2ccc3ccc(cc3n2)/C=C/C(C)(C)C(=O)N1C. The fourth-order valence-corrected chi connectivity index (χ4v) is 5.68. The molecule has 2 aromatic rings. The molecule has 9 heteroatoms. The van der Waals surface area contributed by atoms with Crippen molar-refractivity contribution in [2.75, 3.05) is 13.6 Å². The van der Waals surface area contributed by atoms with Crippen molar-refractivity contribution in [3.05, 3.63) is 47.7 Å². The van der Waals surface area contributed by atoms with Crippen LogP contribution >= 0.6 is 0 Å². The molecule has 0 aliphatic carbocycles. The lowest BCUT2D eigenvalue weighted by Gasteiger charge is -2.36. The van der Waals surface area contributed by atoms with Crippen LogP contribution in [-0.2, 0) is 23.9 Å². The number of hydrogen-bond donors (Lipinski definition) is 1. The highest BCUT2D eigenvalue weighted by atomic mass is 16.5. The monoisotopic (exact) mass is 562 g/mol. The van der Waals surface area contributed by atoms with Gasteiger partial charge >= 0.3 is 5.97 Å². The van der Waals surface area contributed by atoms with Crippen LogP contribution in [0.1, 0.15) is 78.2 Å². The Morgan fingerprint density at radius 1 is 1.07 bits per heavy atom. The van der Waals surface area contributed by atoms with Gasteiger partial charge in [0, 0.05) is 31.3 Å². The van der Waals surface area contributed by atoms with Crippen molar-refractivity contribution in [1.29, 1.82) is 0 Å². The van der Waals surface area contributed by atoms with Gasteiger partial charge in [0.1, 0.15) is 12.1 Å². The molecule has 0 spiro atoms. The summed E-state index contributed by atoms with van der Waals surface area (Å²) in [5.41, 5.74) is 4.37. The van der Waals surface area contributed by atoms with Crippen LogP contribution in [0.15, 0.2) is 36.4 Å². The number of rotatable bonds is 1. The second kappa shape index (κ2) is 12.1. The molecule has 2 aliphatic heterocycles. The number of benzene rings is 1. The first kappa shape index (κ1) is 30.4. The minimum Gasteiger partial charge on any atom is -0.455 e. The Kier molecular flexibility index (Phi) is 8.97. The molecule has 41 heavy (non-hydrogen) atoms. The normalized spacial score (nSPS) is 27.3. The molecule has 3 heterocycles. The Hall–Kier alpha value is -3.59. The number of aromatic nitrogens is 1. The van der Waals surface area contributed by atoms with Gasteiger partial charge in [-0.1, -0.05) is 51.1 Å². The number of cyclic esters (lactones) is 1. The molecule has 1 aromatic heterocycles. The standard InChI is InChI=1S/C32H42N4O5/c1-19(2)28-27(37)17-20(3)29(38)36-16-8-9-25(34-36)30(39)41-21(4)24-13-12-23-11-10-22(18-26(23)33-24)14-15-32(5,6)31(40)35(28)7/h10-15,18-21,25,28,34H,8-9,16-17H2,1-7H3/b15-14+/t20-,21-,25+,28+/m1/s1. The van der Waals surface area contributed by atoms with Crippen LogP contribution < -0.4 is 5.43 Å². The number of Topliss-reactive ketones (excluding diaryl/α,β-unsaturated/α-hetero) is 1. The van der Waals surface area contributed by atoms with Crippen molar-refractivity contribution >= 4 is 40.5 Å². The Bertz CT molecular complexity index is 1370. The lowest BCUT2D eigenvalue weighted by molar-refractivity contribution is -0.157. The zero-order valence-corrected chi connectivity index (χ0v) is 25.1. The van der Waals surface area contributed by atoms with Crippen molar-refractivity contribution in [2.24, 2.45) is 17.3 Å². The summed E-state index contributed by atoms with van der Waals surface area (Å²) in [4.78, 5) is 60.0. The number of ketones is 1. The molecule has 2 aliphatic rings. The number of nitrogens with zero attached hydrogens (tertiary/aromatic N) is 3. The lowest BCUT2D eigenvalue weighted by atomic mass is 9.86. The molecular formula is C32H42N4O5. The molecule has 220 valence electrons. The number of carbonyl (C=O) groups excluding carboxylic acids is 4. The molecule has 0 saturated carbocycles. The Morgan fingerprint density at radius 2 is 1.78 bits per heavy atom. The third-order valence-electron chi connectivity index (χ3n) is 8.06. The van der Waals surface area contributed by atoms with Crippen molar-refractivity contribution in [2.45, 2.75) is 79.0 Å². The van der Waals surface area contributed by atoms with E-state index >= 15 is 0 Å². The van der Waals surface area contributed by atoms with Crippen LogP contribution in [0, 0.1) is 17.3 Å². The van der Waals surface area contributed by atoms with Gasteiger partial charge in [0.05, 0.1) is 22.7 Å². The highest BCUT2D eigenvalue weighted by molar-refractivity contribution is 5.94. The maximum atomic E-state index is 13.7. The third-order valence-corrected chi connectivity index (χ3v) is 8.06. The van der Waals surface area contributed by atoms with E-state index in [2.05, 4.69) is 5.43 Å². The van der Waals surface area contributed by atoms with E-state index in [0.717, 1.165) is 16.5 Å². The highest BCUT2D eigenvalue weighted by Gasteiger charge is 2.38. The largest absolute Gasteiger partial charge is 0.455 e. The number of ether oxygens (including phenoxy) is 1. The lowest BCUT2D eigenvalue weighted by Crippen LogP contribution is -2.57. The molecule has 0 radical (unpaired) electrons. The molecule has 1 fully saturated rings. The van der Waals surface area contributed by atoms with Crippen LogP contribution in [0.3, 0.4) is 0 Å². The zero-order valence-electron chi connectivity index (χ0n) is 25.1. The van der Waals surface area contributed by atoms with E-state index in [0.29, 0.717) is 25.1 Å². The topological polar surface area (TPSA) is 109 Å². The average Bonchev–Trinajstić information content (AvgIpc) is 2.94. The summed E-state index contributed by atoms with van der Waals surface area (Å²) in [5, 5.41) is 2.37. The summed E-state index contributed by atoms with van der Waals surface area (Å²) in [6, 6.07) is 8.28. The van der Waals surface area contributed by atoms with E-state index in [1.54, 1.807) is 20.9 Å². The molecular weight excluding hydrogens is 520 g/mol. The van der Waals surface area contributed by atoms with Crippen LogP contribution in [0.2, 0.25) is 0 Å². The molecule has 1 aromatic carbocycles. The summed E-state index contributed by atoms with van der Waals surface area (Å²) in [7, 11) is 1.66. The Balaban J connectivity index is 1.74. The highest BCUT2D eigenvalue weighted by Crippen LogP contribution is 2.28. The van der Waals surface area contributed by atoms with Crippen molar-refractivity contribution in [3.63, 3.8) is 0 Å². The first-order valence-electron chi connectivity index (χ1n) is 14.5. The predicted octanol–water partition coefficient (Wildman–Crippen LogP) is 4.47. The molecule has 1 saturated heterocycles. The molecule has 0 unspecified atom stereocenters. The molecule has 1 N–H and O–H groups in total. The first-order chi connectivity index (χ1) is 19.3. The van der Waals surface area contributed by atoms with Gasteiger partial charge in [-0.25, -0.2) is 10.4 Å². The maximum absolute atomic E-state index is 13.7. The third kappa shape index (κ3) is 6.67. The first-order valence-corrected chi connectivity index (χ1v) is 14.5. The average molecular weight is 563 g/mol. The minimum absolute atomic E-state index is 0.0127. The predicted molar refractivity (Wildman–Crippen MR) is 157 cm³/mol. The number of carbonyl (C=O) groups is 4. The number of esters is 1. The van der Waals surface area contributed by atoms with Gasteiger partial charge < -0.3 is 9.64 Å². The van der Waals surface area contributed by atoms with E-state index in [1.165, 1.54) is 9.91 Å². The molecule has 4 rings (SSSR count). The van der Waals surface area contributed by atoms with E-state index in [4.69, 9.17) is 9.72 Å². The summed E-state index contributed by atoms with van der Waals surface area (Å²) < 4.78 is 5.78. The molecule has 9 nitrogen and oxygen atoms in total. The second-order valence-electron chi connectivity index (χ2n) is 12.3. The minimum atomic E-state index is -0.887. The summed E-state index contributed by atoms with van der Waals surface area (Å²) in [6.07, 6.45) is 4.28. The van der Waals surface area contributed by atoms with Gasteiger partial charge in [-0.15, -0.1) is 0 Å². The summed E-state index contributed by atoms with van der Waals surface area (Å²) in [5.74, 6) is -1.84. The smallest absolute Gasteiger partial charge is 0.325 e. The van der Waals surface area contributed by atoms with Gasteiger partial charge in [0.15, 0.2) is 5.78 Å². The Labute approximate surface area is 242 Å². The zero-order chi connectivity index (χ0) is 30.1. The van der Waals surface area contributed by atoms with Gasteiger partial charge in [-0.05, 0) is 57.2 Å². The number of hydrazine groups is 1. The van der Waals surface area contributed by atoms with Crippen molar-refractivity contribution in [1.82, 2.24) is 20.3 Å². The van der Waals surface area contributed by atoms with Gasteiger partial charge in [0.25, 0.3) is 0 Å². The number of hydrogen-bond acceptors (Lipinski definition) is 7. The number of fused-ring (bicyclic) bond motifs is 4. The summed E-state index contributed by atoms with van der Waals surface area (Å²) >= 11 is 0. The van der Waals surface area contributed by atoms with E-state index in [9.17, 15) is 19.2 Å². The van der Waals surface area contributed by atoms with Gasteiger partial charge in [-0.3, -0.25) is 24.2 Å². The van der Waals surface area contributed by atoms with Gasteiger partial charge in [-0.2, -0.15) is 0 Å². The molecule has 4 atom stereocenters. The fraction of sp³-hybridized carbons (Fsp3) is 0.531. The number of nitrogens with one attached hydrogen (secondary N) is 1. The molecule has 2 amide bonds.